The molecule has 8 heteroatoms. The number of halogens is 1. The number of hydrogen-bond donors (Lipinski definition) is 1. The van der Waals surface area contributed by atoms with Crippen molar-refractivity contribution in [1.29, 1.82) is 5.26 Å². The van der Waals surface area contributed by atoms with Crippen LogP contribution in [0.4, 0.5) is 11.4 Å². The molecule has 2 N–H and O–H groups in total. The standard InChI is InChI=1S/C22H17BrN4O3/c23-14-6-10-15(11-7-14)26-18-2-1-3-19(28)21(18)20(17(12-24)22(26)25)13-4-8-16(9-5-13)27(29)30/h4-11,20H,1-3,25H2/t20-/m0/s1. The van der Waals surface area contributed by atoms with E-state index in [0.29, 0.717) is 30.4 Å². The monoisotopic (exact) mass is 464 g/mol. The Balaban J connectivity index is 1.92. The molecule has 4 rings (SSSR count). The summed E-state index contributed by atoms with van der Waals surface area (Å²) in [5.41, 5.74) is 9.43. The zero-order chi connectivity index (χ0) is 21.4. The number of allylic oxidation sites excluding steroid dienone is 3. The van der Waals surface area contributed by atoms with Crippen molar-refractivity contribution in [3.8, 4) is 6.07 Å². The average molecular weight is 465 g/mol. The second-order valence-corrected chi connectivity index (χ2v) is 8.06. The molecule has 0 radical (unpaired) electrons. The second-order valence-electron chi connectivity index (χ2n) is 7.14. The van der Waals surface area contributed by atoms with Crippen molar-refractivity contribution < 1.29 is 9.72 Å². The fourth-order valence-corrected chi connectivity index (χ4v) is 4.36. The molecular weight excluding hydrogens is 448 g/mol. The van der Waals surface area contributed by atoms with Gasteiger partial charge >= 0.3 is 0 Å². The maximum absolute atomic E-state index is 13.0. The first kappa shape index (κ1) is 19.9. The smallest absolute Gasteiger partial charge is 0.269 e. The molecule has 0 saturated heterocycles. The Morgan fingerprint density at radius 1 is 1.13 bits per heavy atom. The first-order chi connectivity index (χ1) is 14.4. The number of hydrogen-bond acceptors (Lipinski definition) is 6. The lowest BCUT2D eigenvalue weighted by atomic mass is 9.75. The summed E-state index contributed by atoms with van der Waals surface area (Å²) in [6, 6.07) is 15.6. The zero-order valence-corrected chi connectivity index (χ0v) is 17.4. The predicted octanol–water partition coefficient (Wildman–Crippen LogP) is 4.66. The lowest BCUT2D eigenvalue weighted by molar-refractivity contribution is -0.384. The number of anilines is 1. The molecule has 0 aromatic heterocycles. The van der Waals surface area contributed by atoms with Crippen molar-refractivity contribution in [2.75, 3.05) is 4.90 Å². The first-order valence-corrected chi connectivity index (χ1v) is 10.2. The van der Waals surface area contributed by atoms with Gasteiger partial charge in [-0.05, 0) is 42.7 Å². The van der Waals surface area contributed by atoms with Gasteiger partial charge in [-0.2, -0.15) is 5.26 Å². The van der Waals surface area contributed by atoms with Crippen molar-refractivity contribution in [1.82, 2.24) is 0 Å². The van der Waals surface area contributed by atoms with Crippen LogP contribution >= 0.6 is 15.9 Å². The summed E-state index contributed by atoms with van der Waals surface area (Å²) in [5, 5.41) is 21.0. The van der Waals surface area contributed by atoms with Gasteiger partial charge in [0.25, 0.3) is 5.69 Å². The van der Waals surface area contributed by atoms with E-state index in [-0.39, 0.29) is 22.9 Å². The number of benzene rings is 2. The van der Waals surface area contributed by atoms with Crippen LogP contribution in [-0.4, -0.2) is 10.7 Å². The lowest BCUT2D eigenvalue weighted by Gasteiger charge is -2.39. The molecule has 0 fully saturated rings. The minimum atomic E-state index is -0.634. The Morgan fingerprint density at radius 2 is 1.80 bits per heavy atom. The fourth-order valence-electron chi connectivity index (χ4n) is 4.09. The van der Waals surface area contributed by atoms with Gasteiger partial charge in [0, 0.05) is 40.0 Å². The summed E-state index contributed by atoms with van der Waals surface area (Å²) in [6.45, 7) is 0. The van der Waals surface area contributed by atoms with E-state index in [2.05, 4.69) is 22.0 Å². The molecule has 1 heterocycles. The molecule has 30 heavy (non-hydrogen) atoms. The quantitative estimate of drug-likeness (QED) is 0.521. The SMILES string of the molecule is N#CC1=C(N)N(c2ccc(Br)cc2)C2=C(C(=O)CCC2)[C@H]1c1ccc([N+](=O)[O-])cc1. The molecule has 0 bridgehead atoms. The van der Waals surface area contributed by atoms with Crippen LogP contribution in [0.1, 0.15) is 30.7 Å². The second kappa shape index (κ2) is 7.76. The van der Waals surface area contributed by atoms with Gasteiger partial charge in [0.1, 0.15) is 5.82 Å². The molecule has 1 atom stereocenters. The number of ketones is 1. The summed E-state index contributed by atoms with van der Waals surface area (Å²) >= 11 is 3.42. The number of carbonyl (C=O) groups is 1. The van der Waals surface area contributed by atoms with Gasteiger partial charge in [0.15, 0.2) is 5.78 Å². The highest BCUT2D eigenvalue weighted by Crippen LogP contribution is 2.46. The molecule has 2 aliphatic rings. The predicted molar refractivity (Wildman–Crippen MR) is 115 cm³/mol. The van der Waals surface area contributed by atoms with Gasteiger partial charge in [-0.25, -0.2) is 0 Å². The number of nitrogens with zero attached hydrogens (tertiary/aromatic N) is 3. The van der Waals surface area contributed by atoms with Crippen LogP contribution in [0.5, 0.6) is 0 Å². The van der Waals surface area contributed by atoms with Crippen LogP contribution in [0.25, 0.3) is 0 Å². The Kier molecular flexibility index (Phi) is 5.14. The van der Waals surface area contributed by atoms with Gasteiger partial charge in [-0.3, -0.25) is 19.8 Å². The summed E-state index contributed by atoms with van der Waals surface area (Å²) in [5.74, 6) is -0.385. The average Bonchev–Trinajstić information content (AvgIpc) is 2.74. The molecule has 7 nitrogen and oxygen atoms in total. The molecular formula is C22H17BrN4O3. The molecule has 1 aliphatic heterocycles. The molecule has 0 saturated carbocycles. The van der Waals surface area contributed by atoms with E-state index in [0.717, 1.165) is 15.9 Å². The highest BCUT2D eigenvalue weighted by atomic mass is 79.9. The number of nitro groups is 1. The molecule has 2 aromatic rings. The Hall–Kier alpha value is -3.44. The van der Waals surface area contributed by atoms with E-state index in [1.807, 2.05) is 24.3 Å². The van der Waals surface area contributed by atoms with Gasteiger partial charge in [0.05, 0.1) is 22.5 Å². The highest BCUT2D eigenvalue weighted by Gasteiger charge is 2.40. The molecule has 1 aliphatic carbocycles. The maximum atomic E-state index is 13.0. The summed E-state index contributed by atoms with van der Waals surface area (Å²) in [7, 11) is 0. The van der Waals surface area contributed by atoms with Crippen LogP contribution in [0.15, 0.2) is 75.7 Å². The first-order valence-electron chi connectivity index (χ1n) is 9.38. The molecule has 0 spiro atoms. The number of nitrogens with two attached hydrogens (primary N) is 1. The number of carbonyl (C=O) groups excluding carboxylic acids is 1. The number of non-ortho nitro benzene ring substituents is 1. The van der Waals surface area contributed by atoms with E-state index >= 15 is 0 Å². The summed E-state index contributed by atoms with van der Waals surface area (Å²) in [4.78, 5) is 25.3. The Morgan fingerprint density at radius 3 is 2.40 bits per heavy atom. The van der Waals surface area contributed by atoms with Gasteiger partial charge in [0.2, 0.25) is 0 Å². The minimum Gasteiger partial charge on any atom is -0.384 e. The van der Waals surface area contributed by atoms with Crippen LogP contribution in [0, 0.1) is 21.4 Å². The number of nitriles is 1. The van der Waals surface area contributed by atoms with Crippen molar-refractivity contribution in [3.63, 3.8) is 0 Å². The van der Waals surface area contributed by atoms with Crippen molar-refractivity contribution >= 4 is 33.1 Å². The molecule has 150 valence electrons. The van der Waals surface area contributed by atoms with Gasteiger partial charge in [-0.1, -0.05) is 28.1 Å². The van der Waals surface area contributed by atoms with Crippen LogP contribution in [0.2, 0.25) is 0 Å². The number of nitro benzene ring substituents is 1. The van der Waals surface area contributed by atoms with E-state index < -0.39 is 10.8 Å². The lowest BCUT2D eigenvalue weighted by Crippen LogP contribution is -2.38. The number of Topliss-reactive ketones (excluding diaryl/α,β-unsaturated/α-hetero) is 1. The third kappa shape index (κ3) is 3.27. The molecule has 0 unspecified atom stereocenters. The van der Waals surface area contributed by atoms with Gasteiger partial charge < -0.3 is 5.73 Å². The third-order valence-corrected chi connectivity index (χ3v) is 5.96. The summed E-state index contributed by atoms with van der Waals surface area (Å²) in [6.07, 6.45) is 1.75. The Labute approximate surface area is 181 Å². The largest absolute Gasteiger partial charge is 0.384 e. The topological polar surface area (TPSA) is 113 Å². The summed E-state index contributed by atoms with van der Waals surface area (Å²) < 4.78 is 0.906. The van der Waals surface area contributed by atoms with Crippen LogP contribution in [-0.2, 0) is 4.79 Å². The normalized spacial score (nSPS) is 18.9. The number of rotatable bonds is 3. The van der Waals surface area contributed by atoms with E-state index in [9.17, 15) is 20.2 Å². The molecule has 2 aromatic carbocycles. The zero-order valence-electron chi connectivity index (χ0n) is 15.8. The van der Waals surface area contributed by atoms with Crippen LogP contribution in [0.3, 0.4) is 0 Å². The van der Waals surface area contributed by atoms with Crippen molar-refractivity contribution in [3.05, 3.63) is 91.3 Å². The highest BCUT2D eigenvalue weighted by molar-refractivity contribution is 9.10. The maximum Gasteiger partial charge on any atom is 0.269 e. The minimum absolute atomic E-state index is 0.0260. The van der Waals surface area contributed by atoms with Gasteiger partial charge in [-0.15, -0.1) is 0 Å². The van der Waals surface area contributed by atoms with Crippen molar-refractivity contribution in [2.24, 2.45) is 5.73 Å². The van der Waals surface area contributed by atoms with E-state index in [4.69, 9.17) is 5.73 Å². The van der Waals surface area contributed by atoms with E-state index in [1.165, 1.54) is 12.1 Å². The Bertz CT molecular complexity index is 1140. The van der Waals surface area contributed by atoms with E-state index in [1.54, 1.807) is 17.0 Å². The fraction of sp³-hybridized carbons (Fsp3) is 0.182. The van der Waals surface area contributed by atoms with Crippen LogP contribution < -0.4 is 10.6 Å². The van der Waals surface area contributed by atoms with Crippen molar-refractivity contribution in [2.45, 2.75) is 25.2 Å². The molecule has 0 amide bonds. The third-order valence-electron chi connectivity index (χ3n) is 5.44.